The van der Waals surface area contributed by atoms with Crippen LogP contribution in [0.5, 0.6) is 5.75 Å². The van der Waals surface area contributed by atoms with E-state index in [1.807, 2.05) is 61.5 Å². The molecule has 0 saturated heterocycles. The molecule has 1 atom stereocenters. The van der Waals surface area contributed by atoms with Crippen LogP contribution < -0.4 is 4.74 Å². The standard InChI is InChI=1S/C19H20O2/c1-2-3-5-10-19(20)17-11-13-18(14-12-17)21-15-16-8-6-4-7-9-16/h4,6-9,11-14,19-20H,5,10,15H2,1H3. The van der Waals surface area contributed by atoms with E-state index in [-0.39, 0.29) is 0 Å². The highest BCUT2D eigenvalue weighted by Crippen LogP contribution is 2.21. The van der Waals surface area contributed by atoms with Gasteiger partial charge in [-0.3, -0.25) is 0 Å². The Morgan fingerprint density at radius 2 is 1.76 bits per heavy atom. The van der Waals surface area contributed by atoms with Gasteiger partial charge >= 0.3 is 0 Å². The van der Waals surface area contributed by atoms with E-state index in [1.54, 1.807) is 0 Å². The number of aliphatic hydroxyl groups excluding tert-OH is 1. The smallest absolute Gasteiger partial charge is 0.119 e. The molecule has 0 aliphatic carbocycles. The normalized spacial score (nSPS) is 11.3. The maximum Gasteiger partial charge on any atom is 0.119 e. The summed E-state index contributed by atoms with van der Waals surface area (Å²) < 4.78 is 5.72. The Hall–Kier alpha value is -2.24. The van der Waals surface area contributed by atoms with Crippen LogP contribution in [-0.2, 0) is 6.61 Å². The van der Waals surface area contributed by atoms with E-state index in [1.165, 1.54) is 0 Å². The molecular formula is C19H20O2. The molecule has 0 amide bonds. The number of benzene rings is 2. The zero-order valence-electron chi connectivity index (χ0n) is 12.3. The third kappa shape index (κ3) is 4.98. The highest BCUT2D eigenvalue weighted by atomic mass is 16.5. The van der Waals surface area contributed by atoms with Crippen LogP contribution in [0, 0.1) is 11.8 Å². The quantitative estimate of drug-likeness (QED) is 0.807. The van der Waals surface area contributed by atoms with Gasteiger partial charge in [0, 0.05) is 6.42 Å². The van der Waals surface area contributed by atoms with Crippen molar-refractivity contribution in [3.05, 3.63) is 65.7 Å². The van der Waals surface area contributed by atoms with Crippen LogP contribution in [0.15, 0.2) is 54.6 Å². The fourth-order valence-corrected chi connectivity index (χ4v) is 2.03. The van der Waals surface area contributed by atoms with Crippen molar-refractivity contribution < 1.29 is 9.84 Å². The first-order valence-electron chi connectivity index (χ1n) is 7.14. The zero-order valence-corrected chi connectivity index (χ0v) is 12.3. The maximum atomic E-state index is 10.0. The average Bonchev–Trinajstić information content (AvgIpc) is 2.54. The van der Waals surface area contributed by atoms with E-state index in [9.17, 15) is 5.11 Å². The molecule has 2 aromatic rings. The molecule has 0 bridgehead atoms. The minimum atomic E-state index is -0.464. The molecule has 1 N–H and O–H groups in total. The van der Waals surface area contributed by atoms with Crippen LogP contribution >= 0.6 is 0 Å². The van der Waals surface area contributed by atoms with Crippen molar-refractivity contribution in [3.8, 4) is 17.6 Å². The molecule has 0 spiro atoms. The fraction of sp³-hybridized carbons (Fsp3) is 0.263. The van der Waals surface area contributed by atoms with Gasteiger partial charge in [-0.2, -0.15) is 0 Å². The van der Waals surface area contributed by atoms with E-state index in [4.69, 9.17) is 4.74 Å². The Labute approximate surface area is 126 Å². The molecule has 0 saturated carbocycles. The Balaban J connectivity index is 1.87. The lowest BCUT2D eigenvalue weighted by Crippen LogP contribution is -1.98. The van der Waals surface area contributed by atoms with Crippen molar-refractivity contribution >= 4 is 0 Å². The topological polar surface area (TPSA) is 29.5 Å². The number of hydrogen-bond acceptors (Lipinski definition) is 2. The fourth-order valence-electron chi connectivity index (χ4n) is 2.03. The monoisotopic (exact) mass is 280 g/mol. The second kappa shape index (κ2) is 8.14. The summed E-state index contributed by atoms with van der Waals surface area (Å²) in [5.74, 6) is 6.61. The van der Waals surface area contributed by atoms with Gasteiger partial charge in [0.2, 0.25) is 0 Å². The largest absolute Gasteiger partial charge is 0.489 e. The first-order valence-corrected chi connectivity index (χ1v) is 7.14. The molecule has 2 nitrogen and oxygen atoms in total. The van der Waals surface area contributed by atoms with Gasteiger partial charge in [-0.05, 0) is 36.6 Å². The second-order valence-electron chi connectivity index (χ2n) is 4.82. The predicted molar refractivity (Wildman–Crippen MR) is 84.9 cm³/mol. The van der Waals surface area contributed by atoms with Gasteiger partial charge in [-0.25, -0.2) is 0 Å². The molecule has 1 unspecified atom stereocenters. The van der Waals surface area contributed by atoms with Gasteiger partial charge in [-0.1, -0.05) is 42.5 Å². The molecule has 108 valence electrons. The lowest BCUT2D eigenvalue weighted by molar-refractivity contribution is 0.169. The average molecular weight is 280 g/mol. The molecule has 0 aromatic heterocycles. The van der Waals surface area contributed by atoms with Crippen molar-refractivity contribution in [2.24, 2.45) is 0 Å². The molecule has 2 aromatic carbocycles. The number of aliphatic hydroxyl groups is 1. The molecule has 2 heteroatoms. The van der Waals surface area contributed by atoms with Gasteiger partial charge in [-0.15, -0.1) is 11.8 Å². The molecule has 0 aliphatic rings. The molecule has 2 rings (SSSR count). The third-order valence-corrected chi connectivity index (χ3v) is 3.23. The van der Waals surface area contributed by atoms with E-state index in [0.29, 0.717) is 19.4 Å². The minimum absolute atomic E-state index is 0.464. The SMILES string of the molecule is CC#CCCC(O)c1ccc(OCc2ccccc2)cc1. The van der Waals surface area contributed by atoms with Crippen molar-refractivity contribution in [3.63, 3.8) is 0 Å². The zero-order chi connectivity index (χ0) is 14.9. The lowest BCUT2D eigenvalue weighted by atomic mass is 10.1. The van der Waals surface area contributed by atoms with Crippen LogP contribution in [-0.4, -0.2) is 5.11 Å². The van der Waals surface area contributed by atoms with Gasteiger partial charge in [0.15, 0.2) is 0 Å². The summed E-state index contributed by atoms with van der Waals surface area (Å²) in [7, 11) is 0. The first kappa shape index (κ1) is 15.2. The van der Waals surface area contributed by atoms with Crippen molar-refractivity contribution in [1.82, 2.24) is 0 Å². The van der Waals surface area contributed by atoms with Gasteiger partial charge < -0.3 is 9.84 Å². The summed E-state index contributed by atoms with van der Waals surface area (Å²) in [6, 6.07) is 17.7. The Morgan fingerprint density at radius 1 is 1.05 bits per heavy atom. The van der Waals surface area contributed by atoms with E-state index < -0.39 is 6.10 Å². The molecule has 0 heterocycles. The Bertz CT molecular complexity index is 591. The van der Waals surface area contributed by atoms with Gasteiger partial charge in [0.1, 0.15) is 12.4 Å². The van der Waals surface area contributed by atoms with E-state index in [0.717, 1.165) is 16.9 Å². The summed E-state index contributed by atoms with van der Waals surface area (Å²) in [5.41, 5.74) is 2.04. The minimum Gasteiger partial charge on any atom is -0.489 e. The van der Waals surface area contributed by atoms with Crippen molar-refractivity contribution in [2.75, 3.05) is 0 Å². The highest BCUT2D eigenvalue weighted by molar-refractivity contribution is 5.29. The van der Waals surface area contributed by atoms with Gasteiger partial charge in [0.25, 0.3) is 0 Å². The summed E-state index contributed by atoms with van der Waals surface area (Å²) in [6.45, 7) is 2.36. The van der Waals surface area contributed by atoms with Crippen LogP contribution in [0.3, 0.4) is 0 Å². The lowest BCUT2D eigenvalue weighted by Gasteiger charge is -2.11. The molecule has 0 fully saturated rings. The maximum absolute atomic E-state index is 10.0. The van der Waals surface area contributed by atoms with Crippen molar-refractivity contribution in [2.45, 2.75) is 32.5 Å². The van der Waals surface area contributed by atoms with Crippen LogP contribution in [0.2, 0.25) is 0 Å². The summed E-state index contributed by atoms with van der Waals surface area (Å²) in [4.78, 5) is 0. The number of ether oxygens (including phenoxy) is 1. The first-order chi connectivity index (χ1) is 10.3. The van der Waals surface area contributed by atoms with Gasteiger partial charge in [0.05, 0.1) is 6.10 Å². The molecule has 21 heavy (non-hydrogen) atoms. The summed E-state index contributed by atoms with van der Waals surface area (Å²) >= 11 is 0. The Morgan fingerprint density at radius 3 is 2.43 bits per heavy atom. The van der Waals surface area contributed by atoms with Crippen LogP contribution in [0.25, 0.3) is 0 Å². The summed E-state index contributed by atoms with van der Waals surface area (Å²) in [5, 5.41) is 10.0. The third-order valence-electron chi connectivity index (χ3n) is 3.23. The Kier molecular flexibility index (Phi) is 5.87. The van der Waals surface area contributed by atoms with E-state index >= 15 is 0 Å². The van der Waals surface area contributed by atoms with Crippen LogP contribution in [0.4, 0.5) is 0 Å². The second-order valence-corrected chi connectivity index (χ2v) is 4.82. The van der Waals surface area contributed by atoms with Crippen molar-refractivity contribution in [1.29, 1.82) is 0 Å². The number of rotatable bonds is 6. The van der Waals surface area contributed by atoms with Crippen LogP contribution in [0.1, 0.15) is 37.0 Å². The predicted octanol–water partition coefficient (Wildman–Crippen LogP) is 4.10. The molecule has 0 aliphatic heterocycles. The summed E-state index contributed by atoms with van der Waals surface area (Å²) in [6.07, 6.45) is 0.906. The molecular weight excluding hydrogens is 260 g/mol. The molecule has 0 radical (unpaired) electrons. The van der Waals surface area contributed by atoms with E-state index in [2.05, 4.69) is 11.8 Å². The highest BCUT2D eigenvalue weighted by Gasteiger charge is 2.06. The number of hydrogen-bond donors (Lipinski definition) is 1.